The Balaban J connectivity index is 0.000000367. The Morgan fingerprint density at radius 2 is 0.695 bits per heavy atom. The molecule has 0 spiro atoms. The number of ether oxygens (including phenoxy) is 2. The van der Waals surface area contributed by atoms with E-state index in [0.717, 1.165) is 38.5 Å². The highest BCUT2D eigenvalue weighted by Crippen LogP contribution is 2.22. The van der Waals surface area contributed by atoms with Crippen molar-refractivity contribution in [2.45, 2.75) is 42.0 Å². The largest absolute Gasteiger partial charge is 0.394 e. The Labute approximate surface area is 387 Å². The van der Waals surface area contributed by atoms with Crippen LogP contribution in [0.5, 0.6) is 0 Å². The lowest BCUT2D eigenvalue weighted by Crippen LogP contribution is -2.17. The highest BCUT2D eigenvalue weighted by molar-refractivity contribution is 9.08. The molecule has 0 saturated heterocycles. The highest BCUT2D eigenvalue weighted by Gasteiger charge is 2.08. The Morgan fingerprint density at radius 3 is 1.00 bits per heavy atom. The number of aliphatic hydroxyl groups is 1. The Bertz CT molecular complexity index is 2070. The fourth-order valence-corrected chi connectivity index (χ4v) is 6.74. The first-order valence-electron chi connectivity index (χ1n) is 18.7. The van der Waals surface area contributed by atoms with Crippen molar-refractivity contribution in [3.05, 3.63) is 203 Å². The van der Waals surface area contributed by atoms with Gasteiger partial charge in [0.2, 0.25) is 0 Å². The fraction of sp³-hybridized carbons (Fsp3) is 0.208. The number of aliphatic hydroxyl groups excluding tert-OH is 1. The maximum atomic E-state index is 8.66. The van der Waals surface area contributed by atoms with E-state index in [-0.39, 0.29) is 65.2 Å². The van der Waals surface area contributed by atoms with Crippen LogP contribution in [-0.2, 0) is 33.3 Å². The SMILES string of the molecule is BrCc1ccc2cc(CBr)ccc2c1.N[C@H](CO)c1ccccc1.N[C@H](COCc1ccc2cc(COC[C@@H](N)c3ccccc3)ccc2c1)c1ccccc1.S.S.S. The summed E-state index contributed by atoms with van der Waals surface area (Å²) in [6.45, 7) is 2.06. The molecule has 0 bridgehead atoms. The van der Waals surface area contributed by atoms with Gasteiger partial charge >= 0.3 is 0 Å². The van der Waals surface area contributed by atoms with Crippen molar-refractivity contribution in [3.8, 4) is 0 Å². The second kappa shape index (κ2) is 28.4. The molecule has 0 radical (unpaired) electrons. The number of fused-ring (bicyclic) bond motifs is 2. The van der Waals surface area contributed by atoms with Crippen LogP contribution in [0, 0.1) is 0 Å². The van der Waals surface area contributed by atoms with E-state index in [4.69, 9.17) is 31.8 Å². The molecule has 59 heavy (non-hydrogen) atoms. The van der Waals surface area contributed by atoms with E-state index in [1.165, 1.54) is 32.7 Å². The summed E-state index contributed by atoms with van der Waals surface area (Å²) in [5.41, 5.74) is 26.0. The monoisotopic (exact) mass is 977 g/mol. The molecule has 0 aliphatic carbocycles. The van der Waals surface area contributed by atoms with E-state index in [0.29, 0.717) is 26.4 Å². The van der Waals surface area contributed by atoms with Gasteiger partial charge in [0.15, 0.2) is 0 Å². The normalized spacial score (nSPS) is 11.9. The number of benzene rings is 7. The smallest absolute Gasteiger partial charge is 0.0718 e. The minimum absolute atomic E-state index is 0. The molecule has 0 saturated carbocycles. The molecule has 7 rings (SSSR count). The topological polar surface area (TPSA) is 117 Å². The van der Waals surface area contributed by atoms with E-state index >= 15 is 0 Å². The molecular formula is C48H57Br2N3O3S3. The van der Waals surface area contributed by atoms with E-state index in [1.54, 1.807) is 0 Å². The third-order valence-electron chi connectivity index (χ3n) is 9.26. The number of hydrogen-bond acceptors (Lipinski definition) is 6. The predicted octanol–water partition coefficient (Wildman–Crippen LogP) is 10.9. The summed E-state index contributed by atoms with van der Waals surface area (Å²) in [7, 11) is 0. The van der Waals surface area contributed by atoms with Gasteiger partial charge in [-0.1, -0.05) is 184 Å². The molecule has 7 aromatic carbocycles. The Morgan fingerprint density at radius 1 is 0.407 bits per heavy atom. The molecular weight excluding hydrogens is 923 g/mol. The van der Waals surface area contributed by atoms with Gasteiger partial charge in [-0.25, -0.2) is 0 Å². The number of rotatable bonds is 14. The molecule has 0 heterocycles. The van der Waals surface area contributed by atoms with Crippen LogP contribution in [0.25, 0.3) is 21.5 Å². The molecule has 3 atom stereocenters. The van der Waals surface area contributed by atoms with Crippen LogP contribution in [0.1, 0.15) is 57.1 Å². The summed E-state index contributed by atoms with van der Waals surface area (Å²) in [5, 5.41) is 15.5. The lowest BCUT2D eigenvalue weighted by Gasteiger charge is -2.13. The lowest BCUT2D eigenvalue weighted by molar-refractivity contribution is 0.108. The minimum atomic E-state index is -0.235. The first-order valence-corrected chi connectivity index (χ1v) is 20.9. The lowest BCUT2D eigenvalue weighted by atomic mass is 10.0. The zero-order valence-electron chi connectivity index (χ0n) is 33.0. The van der Waals surface area contributed by atoms with Crippen molar-refractivity contribution in [1.29, 1.82) is 0 Å². The van der Waals surface area contributed by atoms with Gasteiger partial charge < -0.3 is 31.8 Å². The van der Waals surface area contributed by atoms with Crippen LogP contribution in [0.3, 0.4) is 0 Å². The van der Waals surface area contributed by atoms with Gasteiger partial charge in [-0.05, 0) is 72.6 Å². The number of nitrogens with two attached hydrogens (primary N) is 3. The summed E-state index contributed by atoms with van der Waals surface area (Å²) in [5.74, 6) is 0. The van der Waals surface area contributed by atoms with Crippen molar-refractivity contribution >= 4 is 93.9 Å². The molecule has 6 nitrogen and oxygen atoms in total. The second-order valence-electron chi connectivity index (χ2n) is 13.6. The van der Waals surface area contributed by atoms with Crippen LogP contribution < -0.4 is 17.2 Å². The maximum absolute atomic E-state index is 8.66. The van der Waals surface area contributed by atoms with E-state index in [2.05, 4.69) is 105 Å². The molecule has 0 aliphatic heterocycles. The van der Waals surface area contributed by atoms with Crippen LogP contribution >= 0.6 is 72.3 Å². The van der Waals surface area contributed by atoms with Crippen molar-refractivity contribution < 1.29 is 14.6 Å². The first-order chi connectivity index (χ1) is 27.4. The molecule has 0 fully saturated rings. The molecule has 0 unspecified atom stereocenters. The molecule has 0 aliphatic rings. The average molecular weight is 980 g/mol. The molecule has 0 aromatic heterocycles. The van der Waals surface area contributed by atoms with Crippen LogP contribution in [0.15, 0.2) is 164 Å². The Kier molecular flexibility index (Phi) is 25.0. The summed E-state index contributed by atoms with van der Waals surface area (Å²) in [6.07, 6.45) is 0. The Hall–Kier alpha value is -3.17. The third kappa shape index (κ3) is 17.0. The van der Waals surface area contributed by atoms with Crippen LogP contribution in [0.2, 0.25) is 0 Å². The van der Waals surface area contributed by atoms with Crippen molar-refractivity contribution in [2.24, 2.45) is 17.2 Å². The summed E-state index contributed by atoms with van der Waals surface area (Å²) in [6, 6.07) is 55.1. The van der Waals surface area contributed by atoms with Crippen molar-refractivity contribution in [1.82, 2.24) is 0 Å². The van der Waals surface area contributed by atoms with E-state index < -0.39 is 0 Å². The summed E-state index contributed by atoms with van der Waals surface area (Å²) < 4.78 is 11.7. The van der Waals surface area contributed by atoms with Gasteiger partial charge in [-0.2, -0.15) is 40.5 Å². The summed E-state index contributed by atoms with van der Waals surface area (Å²) in [4.78, 5) is 0. The van der Waals surface area contributed by atoms with Gasteiger partial charge in [0.05, 0.1) is 51.2 Å². The van der Waals surface area contributed by atoms with Gasteiger partial charge in [-0.15, -0.1) is 0 Å². The van der Waals surface area contributed by atoms with Gasteiger partial charge in [0.1, 0.15) is 0 Å². The molecule has 314 valence electrons. The molecule has 7 N–H and O–H groups in total. The highest BCUT2D eigenvalue weighted by atomic mass is 79.9. The van der Waals surface area contributed by atoms with E-state index in [1.807, 2.05) is 91.0 Å². The zero-order chi connectivity index (χ0) is 39.5. The molecule has 7 aromatic rings. The molecule has 11 heteroatoms. The summed E-state index contributed by atoms with van der Waals surface area (Å²) >= 11 is 6.93. The zero-order valence-corrected chi connectivity index (χ0v) is 39.2. The van der Waals surface area contributed by atoms with Crippen LogP contribution in [-0.4, -0.2) is 24.9 Å². The second-order valence-corrected chi connectivity index (χ2v) is 14.7. The molecule has 0 amide bonds. The quantitative estimate of drug-likeness (QED) is 0.0807. The predicted molar refractivity (Wildman–Crippen MR) is 271 cm³/mol. The van der Waals surface area contributed by atoms with Gasteiger partial charge in [-0.3, -0.25) is 0 Å². The van der Waals surface area contributed by atoms with Crippen molar-refractivity contribution in [3.63, 3.8) is 0 Å². The van der Waals surface area contributed by atoms with E-state index in [9.17, 15) is 0 Å². The average Bonchev–Trinajstić information content (AvgIpc) is 3.27. The van der Waals surface area contributed by atoms with Crippen LogP contribution in [0.4, 0.5) is 0 Å². The third-order valence-corrected chi connectivity index (χ3v) is 10.6. The first kappa shape index (κ1) is 52.0. The number of alkyl halides is 2. The van der Waals surface area contributed by atoms with Gasteiger partial charge in [0, 0.05) is 10.7 Å². The van der Waals surface area contributed by atoms with Crippen molar-refractivity contribution in [2.75, 3.05) is 19.8 Å². The van der Waals surface area contributed by atoms with Gasteiger partial charge in [0.25, 0.3) is 0 Å². The standard InChI is InChI=1S/C28H30N2O2.C12H10Br2.C8H11NO.3H2S/c29-27(23-7-3-1-4-8-23)19-31-17-21-11-13-26-16-22(12-14-25(26)15-21)18-32-20-28(30)24-9-5-2-6-10-24;13-7-9-1-3-11-6-10(8-14)2-4-12(11)5-9;9-8(6-10)7-4-2-1-3-5-7;;;/h1-16,27-28H,17-20,29-30H2;1-6H,7-8H2;1-5,8,10H,6,9H2;3*1H2/t27-,28-;;8-;;;/m1.1.../s1. The number of halogens is 2. The fourth-order valence-electron chi connectivity index (χ4n) is 6.04. The maximum Gasteiger partial charge on any atom is 0.0718 e. The minimum Gasteiger partial charge on any atom is -0.394 e. The number of hydrogen-bond donors (Lipinski definition) is 4.